The minimum Gasteiger partial charge on any atom is -0.487 e. The van der Waals surface area contributed by atoms with E-state index in [4.69, 9.17) is 14.6 Å². The Balaban J connectivity index is 2.06. The van der Waals surface area contributed by atoms with Gasteiger partial charge in [-0.05, 0) is 31.9 Å². The molecule has 5 heteroatoms. The van der Waals surface area contributed by atoms with Crippen molar-refractivity contribution >= 4 is 5.97 Å². The molecule has 1 saturated heterocycles. The number of hydrogen-bond acceptors (Lipinski definition) is 3. The van der Waals surface area contributed by atoms with Crippen LogP contribution in [0.25, 0.3) is 0 Å². The highest BCUT2D eigenvalue weighted by Crippen LogP contribution is 2.25. The monoisotopic (exact) mass is 254 g/mol. The maximum absolute atomic E-state index is 13.5. The van der Waals surface area contributed by atoms with Crippen LogP contribution in [-0.2, 0) is 4.74 Å². The Morgan fingerprint density at radius 3 is 2.94 bits per heavy atom. The number of ether oxygens (including phenoxy) is 2. The Bertz CT molecular complexity index is 447. The Labute approximate surface area is 104 Å². The fraction of sp³-hybridized carbons (Fsp3) is 0.462. The quantitative estimate of drug-likeness (QED) is 0.896. The number of halogens is 1. The second-order valence-electron chi connectivity index (χ2n) is 4.38. The van der Waals surface area contributed by atoms with Gasteiger partial charge in [-0.2, -0.15) is 0 Å². The minimum absolute atomic E-state index is 0.0961. The molecule has 0 spiro atoms. The minimum atomic E-state index is -1.20. The Morgan fingerprint density at radius 1 is 1.56 bits per heavy atom. The van der Waals surface area contributed by atoms with Gasteiger partial charge in [0.1, 0.15) is 12.2 Å². The van der Waals surface area contributed by atoms with Crippen LogP contribution in [-0.4, -0.2) is 29.9 Å². The van der Waals surface area contributed by atoms with Crippen LogP contribution in [0.1, 0.15) is 30.1 Å². The van der Waals surface area contributed by atoms with E-state index in [1.54, 1.807) is 0 Å². The molecule has 1 aliphatic heterocycles. The van der Waals surface area contributed by atoms with Gasteiger partial charge in [0.2, 0.25) is 0 Å². The zero-order valence-corrected chi connectivity index (χ0v) is 10.1. The van der Waals surface area contributed by atoms with Crippen LogP contribution in [0.15, 0.2) is 18.2 Å². The van der Waals surface area contributed by atoms with Crippen LogP contribution in [0.5, 0.6) is 5.75 Å². The van der Waals surface area contributed by atoms with E-state index in [1.165, 1.54) is 18.2 Å². The molecule has 0 bridgehead atoms. The average molecular weight is 254 g/mol. The summed E-state index contributed by atoms with van der Waals surface area (Å²) in [5.41, 5.74) is -0.166. The average Bonchev–Trinajstić information content (AvgIpc) is 2.73. The number of aromatic carboxylic acids is 1. The highest BCUT2D eigenvalue weighted by atomic mass is 19.1. The van der Waals surface area contributed by atoms with Gasteiger partial charge in [0.25, 0.3) is 0 Å². The standard InChI is InChI=1S/C13H15FO4/c1-8-5-6-9(18-8)7-17-12-10(13(15)16)3-2-4-11(12)14/h2-4,8-9H,5-7H2,1H3,(H,15,16). The second-order valence-corrected chi connectivity index (χ2v) is 4.38. The molecule has 1 aromatic rings. The molecular formula is C13H15FO4. The molecule has 0 aromatic heterocycles. The number of benzene rings is 1. The van der Waals surface area contributed by atoms with Crippen molar-refractivity contribution in [1.29, 1.82) is 0 Å². The number of carbonyl (C=O) groups is 1. The molecule has 0 radical (unpaired) electrons. The SMILES string of the molecule is CC1CCC(COc2c(F)cccc2C(=O)O)O1. The lowest BCUT2D eigenvalue weighted by atomic mass is 10.2. The molecule has 1 aliphatic rings. The molecule has 1 fully saturated rings. The zero-order valence-electron chi connectivity index (χ0n) is 10.1. The predicted molar refractivity (Wildman–Crippen MR) is 62.4 cm³/mol. The van der Waals surface area contributed by atoms with E-state index in [9.17, 15) is 9.18 Å². The summed E-state index contributed by atoms with van der Waals surface area (Å²) in [4.78, 5) is 10.9. The predicted octanol–water partition coefficient (Wildman–Crippen LogP) is 2.47. The van der Waals surface area contributed by atoms with Crippen molar-refractivity contribution in [3.8, 4) is 5.75 Å². The van der Waals surface area contributed by atoms with Crippen LogP contribution in [0.3, 0.4) is 0 Å². The number of para-hydroxylation sites is 1. The first-order chi connectivity index (χ1) is 8.58. The normalized spacial score (nSPS) is 23.0. The lowest BCUT2D eigenvalue weighted by molar-refractivity contribution is 0.0250. The summed E-state index contributed by atoms with van der Waals surface area (Å²) in [5, 5.41) is 8.95. The summed E-state index contributed by atoms with van der Waals surface area (Å²) in [6.45, 7) is 2.14. The van der Waals surface area contributed by atoms with Gasteiger partial charge in [0.15, 0.2) is 11.6 Å². The molecule has 0 amide bonds. The fourth-order valence-corrected chi connectivity index (χ4v) is 2.01. The number of carboxylic acids is 1. The molecule has 2 atom stereocenters. The molecule has 18 heavy (non-hydrogen) atoms. The summed E-state index contributed by atoms with van der Waals surface area (Å²) in [7, 11) is 0. The van der Waals surface area contributed by atoms with Crippen LogP contribution >= 0.6 is 0 Å². The Hall–Kier alpha value is -1.62. The highest BCUT2D eigenvalue weighted by molar-refractivity contribution is 5.90. The summed E-state index contributed by atoms with van der Waals surface area (Å²) in [6.07, 6.45) is 1.87. The summed E-state index contributed by atoms with van der Waals surface area (Å²) >= 11 is 0. The third-order valence-electron chi connectivity index (χ3n) is 2.93. The fourth-order valence-electron chi connectivity index (χ4n) is 2.01. The number of rotatable bonds is 4. The van der Waals surface area contributed by atoms with E-state index >= 15 is 0 Å². The molecule has 2 unspecified atom stereocenters. The van der Waals surface area contributed by atoms with Gasteiger partial charge in [-0.1, -0.05) is 6.07 Å². The van der Waals surface area contributed by atoms with Crippen LogP contribution in [0.2, 0.25) is 0 Å². The summed E-state index contributed by atoms with van der Waals surface area (Å²) < 4.78 is 24.3. The Kier molecular flexibility index (Phi) is 3.81. The summed E-state index contributed by atoms with van der Waals surface area (Å²) in [5.74, 6) is -2.08. The van der Waals surface area contributed by atoms with Crippen molar-refractivity contribution in [3.63, 3.8) is 0 Å². The molecular weight excluding hydrogens is 239 g/mol. The van der Waals surface area contributed by atoms with Gasteiger partial charge in [-0.25, -0.2) is 9.18 Å². The van der Waals surface area contributed by atoms with Crippen LogP contribution in [0.4, 0.5) is 4.39 Å². The lowest BCUT2D eigenvalue weighted by Gasteiger charge is -2.14. The van der Waals surface area contributed by atoms with Gasteiger partial charge in [0, 0.05) is 0 Å². The molecule has 4 nitrogen and oxygen atoms in total. The van der Waals surface area contributed by atoms with Crippen molar-refractivity contribution in [2.24, 2.45) is 0 Å². The van der Waals surface area contributed by atoms with E-state index in [0.717, 1.165) is 12.8 Å². The topological polar surface area (TPSA) is 55.8 Å². The van der Waals surface area contributed by atoms with E-state index in [-0.39, 0.29) is 30.1 Å². The largest absolute Gasteiger partial charge is 0.487 e. The van der Waals surface area contributed by atoms with Gasteiger partial charge in [0.05, 0.1) is 12.2 Å². The first kappa shape index (κ1) is 12.8. The van der Waals surface area contributed by atoms with Crippen LogP contribution < -0.4 is 4.74 Å². The van der Waals surface area contributed by atoms with E-state index < -0.39 is 11.8 Å². The van der Waals surface area contributed by atoms with Crippen molar-refractivity contribution < 1.29 is 23.8 Å². The van der Waals surface area contributed by atoms with Gasteiger partial charge >= 0.3 is 5.97 Å². The number of carboxylic acid groups (broad SMARTS) is 1. The molecule has 0 saturated carbocycles. The Morgan fingerprint density at radius 2 is 2.33 bits per heavy atom. The summed E-state index contributed by atoms with van der Waals surface area (Å²) in [6, 6.07) is 3.85. The van der Waals surface area contributed by atoms with Crippen molar-refractivity contribution in [2.45, 2.75) is 32.0 Å². The smallest absolute Gasteiger partial charge is 0.339 e. The third-order valence-corrected chi connectivity index (χ3v) is 2.93. The second kappa shape index (κ2) is 5.35. The van der Waals surface area contributed by atoms with Crippen molar-refractivity contribution in [3.05, 3.63) is 29.6 Å². The van der Waals surface area contributed by atoms with Gasteiger partial charge in [-0.15, -0.1) is 0 Å². The van der Waals surface area contributed by atoms with Crippen LogP contribution in [0, 0.1) is 5.82 Å². The lowest BCUT2D eigenvalue weighted by Crippen LogP contribution is -2.19. The van der Waals surface area contributed by atoms with Gasteiger partial charge in [-0.3, -0.25) is 0 Å². The van der Waals surface area contributed by atoms with Gasteiger partial charge < -0.3 is 14.6 Å². The maximum Gasteiger partial charge on any atom is 0.339 e. The maximum atomic E-state index is 13.5. The van der Waals surface area contributed by atoms with E-state index in [0.29, 0.717) is 0 Å². The van der Waals surface area contributed by atoms with E-state index in [1.807, 2.05) is 6.92 Å². The molecule has 98 valence electrons. The highest BCUT2D eigenvalue weighted by Gasteiger charge is 2.24. The van der Waals surface area contributed by atoms with E-state index in [2.05, 4.69) is 0 Å². The molecule has 1 aromatic carbocycles. The molecule has 2 rings (SSSR count). The first-order valence-corrected chi connectivity index (χ1v) is 5.88. The molecule has 0 aliphatic carbocycles. The number of hydrogen-bond donors (Lipinski definition) is 1. The zero-order chi connectivity index (χ0) is 13.1. The van der Waals surface area contributed by atoms with Crippen molar-refractivity contribution in [1.82, 2.24) is 0 Å². The third kappa shape index (κ3) is 2.79. The first-order valence-electron chi connectivity index (χ1n) is 5.88. The van der Waals surface area contributed by atoms with Crippen molar-refractivity contribution in [2.75, 3.05) is 6.61 Å². The molecule has 1 N–H and O–H groups in total. The molecule has 1 heterocycles.